The summed E-state index contributed by atoms with van der Waals surface area (Å²) in [6.07, 6.45) is 7.04. The van der Waals surface area contributed by atoms with Crippen molar-refractivity contribution in [3.63, 3.8) is 0 Å². The summed E-state index contributed by atoms with van der Waals surface area (Å²) in [5.74, 6) is -0.198. The molecule has 7 atom stereocenters. The lowest BCUT2D eigenvalue weighted by Crippen LogP contribution is -2.79. The Morgan fingerprint density at radius 1 is 1.41 bits per heavy atom. The molecule has 0 N–H and O–H groups in total. The van der Waals surface area contributed by atoms with Crippen LogP contribution in [0.5, 0.6) is 0 Å². The molecule has 1 aromatic heterocycles. The lowest BCUT2D eigenvalue weighted by molar-refractivity contribution is -0.356. The number of fused-ring (bicyclic) bond motifs is 1. The van der Waals surface area contributed by atoms with Gasteiger partial charge in [0.1, 0.15) is 12.2 Å². The maximum Gasteiger partial charge on any atom is 0.313 e. The van der Waals surface area contributed by atoms with Crippen LogP contribution in [-0.2, 0) is 23.8 Å². The minimum atomic E-state index is -0.570. The van der Waals surface area contributed by atoms with Gasteiger partial charge in [-0.05, 0) is 37.2 Å². The molecule has 0 amide bonds. The molecule has 1 aromatic rings. The third-order valence-corrected chi connectivity index (χ3v) is 9.60. The molecule has 5 rings (SSSR count). The number of carbonyl (C=O) groups is 2. The van der Waals surface area contributed by atoms with Crippen molar-refractivity contribution in [3.8, 4) is 0 Å². The van der Waals surface area contributed by atoms with Crippen LogP contribution in [-0.4, -0.2) is 34.7 Å². The quantitative estimate of drug-likeness (QED) is 0.342. The first-order valence-electron chi connectivity index (χ1n) is 10.5. The highest BCUT2D eigenvalue weighted by molar-refractivity contribution is 14.1. The molecular formula is C22H27IO6. The monoisotopic (exact) mass is 514 g/mol. The zero-order valence-electron chi connectivity index (χ0n) is 16.8. The average molecular weight is 514 g/mol. The number of alkyl halides is 1. The average Bonchev–Trinajstić information content (AvgIpc) is 3.29. The first-order valence-corrected chi connectivity index (χ1v) is 12.0. The van der Waals surface area contributed by atoms with Crippen LogP contribution in [0.2, 0.25) is 0 Å². The Kier molecular flexibility index (Phi) is 4.59. The van der Waals surface area contributed by atoms with Crippen LogP contribution in [0.3, 0.4) is 0 Å². The van der Waals surface area contributed by atoms with Crippen LogP contribution < -0.4 is 0 Å². The maximum absolute atomic E-state index is 13.5. The van der Waals surface area contributed by atoms with E-state index in [1.807, 2.05) is 6.07 Å². The summed E-state index contributed by atoms with van der Waals surface area (Å²) >= 11 is 2.40. The van der Waals surface area contributed by atoms with E-state index < -0.39 is 5.41 Å². The molecule has 0 radical (unpaired) electrons. The Hall–Kier alpha value is -1.09. The Morgan fingerprint density at radius 3 is 2.86 bits per heavy atom. The zero-order chi connectivity index (χ0) is 20.4. The van der Waals surface area contributed by atoms with Gasteiger partial charge >= 0.3 is 11.9 Å². The molecule has 0 bridgehead atoms. The molecule has 2 spiro atoms. The number of cyclic esters (lactones) is 1. The normalized spacial score (nSPS) is 45.8. The highest BCUT2D eigenvalue weighted by atomic mass is 127. The number of esters is 2. The van der Waals surface area contributed by atoms with Crippen molar-refractivity contribution in [1.29, 1.82) is 0 Å². The Bertz CT molecular complexity index is 819. The third kappa shape index (κ3) is 2.43. The van der Waals surface area contributed by atoms with Gasteiger partial charge in [-0.3, -0.25) is 9.59 Å². The standard InChI is InChI=1S/C22H27IO6/c1-13-8-18(28-14(2)24)22-12-27-20(22,11-23)6-3-4-17(22)21(13)9-16(29-19(21)25)15-5-7-26-10-15/h5,7,10,13,16-18H,3-4,6,8-9,11-12H2,1-2H3/t13-,16+,17-,18+,20+,21-,22+/m1/s1. The lowest BCUT2D eigenvalue weighted by Gasteiger charge is -2.71. The van der Waals surface area contributed by atoms with E-state index in [0.29, 0.717) is 19.4 Å². The van der Waals surface area contributed by atoms with Gasteiger partial charge in [0.25, 0.3) is 0 Å². The number of furan rings is 1. The van der Waals surface area contributed by atoms with Crippen LogP contribution in [0, 0.1) is 22.7 Å². The molecular weight excluding hydrogens is 487 g/mol. The number of hydrogen-bond acceptors (Lipinski definition) is 6. The second kappa shape index (κ2) is 6.70. The summed E-state index contributed by atoms with van der Waals surface area (Å²) in [4.78, 5) is 25.5. The fraction of sp³-hybridized carbons (Fsp3) is 0.727. The van der Waals surface area contributed by atoms with Crippen molar-refractivity contribution < 1.29 is 28.2 Å². The molecule has 6 nitrogen and oxygen atoms in total. The Morgan fingerprint density at radius 2 is 2.24 bits per heavy atom. The summed E-state index contributed by atoms with van der Waals surface area (Å²) in [6, 6.07) is 1.88. The van der Waals surface area contributed by atoms with E-state index in [0.717, 1.165) is 29.3 Å². The van der Waals surface area contributed by atoms with E-state index in [-0.39, 0.29) is 47.0 Å². The van der Waals surface area contributed by atoms with Crippen molar-refractivity contribution in [3.05, 3.63) is 24.2 Å². The van der Waals surface area contributed by atoms with Gasteiger partial charge in [0.2, 0.25) is 0 Å². The molecule has 2 aliphatic heterocycles. The molecule has 3 heterocycles. The SMILES string of the molecule is CC(=O)O[C@H]1C[C@@H](C)[C@]2(C[C@@H](c3ccoc3)OC2=O)[C@H]2CCC[C@@]3(CI)OC[C@@]123. The third-order valence-electron chi connectivity index (χ3n) is 8.37. The van der Waals surface area contributed by atoms with Crippen LogP contribution in [0.15, 0.2) is 23.0 Å². The fourth-order valence-electron chi connectivity index (χ4n) is 7.01. The predicted octanol–water partition coefficient (Wildman–Crippen LogP) is 4.22. The maximum atomic E-state index is 13.5. The summed E-state index contributed by atoms with van der Waals surface area (Å²) in [5.41, 5.74) is -0.286. The molecule has 29 heavy (non-hydrogen) atoms. The minimum absolute atomic E-state index is 0.0671. The molecule has 2 saturated heterocycles. The van der Waals surface area contributed by atoms with Gasteiger partial charge in [-0.2, -0.15) is 0 Å². The minimum Gasteiger partial charge on any atom is -0.472 e. The van der Waals surface area contributed by atoms with E-state index in [1.165, 1.54) is 6.92 Å². The van der Waals surface area contributed by atoms with Crippen molar-refractivity contribution >= 4 is 34.5 Å². The number of hydrogen-bond donors (Lipinski definition) is 0. The topological polar surface area (TPSA) is 75.0 Å². The van der Waals surface area contributed by atoms with Crippen molar-refractivity contribution in [2.45, 2.75) is 63.8 Å². The number of ether oxygens (including phenoxy) is 3. The number of halogens is 1. The Labute approximate surface area is 184 Å². The first kappa shape index (κ1) is 19.8. The zero-order valence-corrected chi connectivity index (χ0v) is 19.0. The summed E-state index contributed by atoms with van der Waals surface area (Å²) in [6.45, 7) is 4.16. The molecule has 7 heteroatoms. The molecule has 2 saturated carbocycles. The molecule has 2 aliphatic carbocycles. The number of rotatable bonds is 3. The van der Waals surface area contributed by atoms with E-state index in [2.05, 4.69) is 29.5 Å². The van der Waals surface area contributed by atoms with Gasteiger partial charge in [-0.1, -0.05) is 35.9 Å². The molecule has 158 valence electrons. The van der Waals surface area contributed by atoms with E-state index in [9.17, 15) is 9.59 Å². The van der Waals surface area contributed by atoms with Crippen LogP contribution >= 0.6 is 22.6 Å². The second-order valence-corrected chi connectivity index (χ2v) is 10.1. The smallest absolute Gasteiger partial charge is 0.313 e. The van der Waals surface area contributed by atoms with Gasteiger partial charge in [0, 0.05) is 23.3 Å². The first-order chi connectivity index (χ1) is 13.9. The van der Waals surface area contributed by atoms with E-state index >= 15 is 0 Å². The van der Waals surface area contributed by atoms with E-state index in [1.54, 1.807) is 12.5 Å². The lowest BCUT2D eigenvalue weighted by atomic mass is 9.40. The molecule has 0 unspecified atom stereocenters. The molecule has 0 aromatic carbocycles. The van der Waals surface area contributed by atoms with Crippen LogP contribution in [0.25, 0.3) is 0 Å². The predicted molar refractivity (Wildman–Crippen MR) is 111 cm³/mol. The van der Waals surface area contributed by atoms with Crippen molar-refractivity contribution in [1.82, 2.24) is 0 Å². The summed E-state index contributed by atoms with van der Waals surface area (Å²) in [7, 11) is 0. The highest BCUT2D eigenvalue weighted by Gasteiger charge is 2.78. The van der Waals surface area contributed by atoms with Crippen molar-refractivity contribution in [2.75, 3.05) is 11.0 Å². The van der Waals surface area contributed by atoms with Gasteiger partial charge in [-0.15, -0.1) is 0 Å². The van der Waals surface area contributed by atoms with Gasteiger partial charge in [0.05, 0.1) is 35.6 Å². The summed E-state index contributed by atoms with van der Waals surface area (Å²) in [5, 5.41) is 0. The molecule has 4 fully saturated rings. The summed E-state index contributed by atoms with van der Waals surface area (Å²) < 4.78 is 24.2. The highest BCUT2D eigenvalue weighted by Crippen LogP contribution is 2.72. The van der Waals surface area contributed by atoms with Gasteiger partial charge in [0.15, 0.2) is 0 Å². The second-order valence-electron chi connectivity index (χ2n) is 9.33. The van der Waals surface area contributed by atoms with Crippen LogP contribution in [0.4, 0.5) is 0 Å². The van der Waals surface area contributed by atoms with E-state index in [4.69, 9.17) is 18.6 Å². The van der Waals surface area contributed by atoms with Crippen LogP contribution in [0.1, 0.15) is 57.6 Å². The van der Waals surface area contributed by atoms with Gasteiger partial charge < -0.3 is 18.6 Å². The largest absolute Gasteiger partial charge is 0.472 e. The molecule has 4 aliphatic rings. The fourth-order valence-corrected chi connectivity index (χ4v) is 8.33. The van der Waals surface area contributed by atoms with Crippen molar-refractivity contribution in [2.24, 2.45) is 22.7 Å². The Balaban J connectivity index is 1.60. The van der Waals surface area contributed by atoms with Gasteiger partial charge in [-0.25, -0.2) is 0 Å². The number of carbonyl (C=O) groups excluding carboxylic acids is 2.